The van der Waals surface area contributed by atoms with Gasteiger partial charge in [-0.2, -0.15) is 0 Å². The van der Waals surface area contributed by atoms with Crippen molar-refractivity contribution < 1.29 is 37.0 Å². The molecule has 0 fully saturated rings. The molecule has 0 saturated carbocycles. The third kappa shape index (κ3) is 5.96. The normalized spacial score (nSPS) is 18.1. The highest BCUT2D eigenvalue weighted by atomic mass is 15.1. The van der Waals surface area contributed by atoms with Gasteiger partial charge in [-0.15, -0.1) is 0 Å². The van der Waals surface area contributed by atoms with Crippen molar-refractivity contribution in [3.05, 3.63) is 206 Å². The van der Waals surface area contributed by atoms with Gasteiger partial charge in [-0.3, -0.25) is 0 Å². The van der Waals surface area contributed by atoms with E-state index in [0.29, 0.717) is 0 Å². The minimum atomic E-state index is -0.914. The van der Waals surface area contributed by atoms with Crippen LogP contribution in [-0.2, 0) is 0 Å². The highest BCUT2D eigenvalue weighted by Crippen LogP contribution is 2.41. The summed E-state index contributed by atoms with van der Waals surface area (Å²) in [5.74, 6) is -2.08. The number of para-hydroxylation sites is 1. The van der Waals surface area contributed by atoms with Gasteiger partial charge in [0.1, 0.15) is 0 Å². The minimum Gasteiger partial charge on any atom is -0.308 e. The van der Waals surface area contributed by atoms with Crippen molar-refractivity contribution in [1.29, 1.82) is 0 Å². The second-order valence-corrected chi connectivity index (χ2v) is 11.7. The Bertz CT molecular complexity index is 4350. The molecule has 0 spiro atoms. The standard InChI is InChI=1S/C51H34N4/c1-5-17-35(18-6-1)39-25-15-26-40(33-39)41-31-32-46(55-45-29-14-13-27-43(45)48-42(28-16-30-47(48)55)36-19-7-2-8-20-36)44(34-41)51-53-49(37-21-9-3-10-22-37)52-50(54-51)38-23-11-4-12-24-38/h1-34H/i1D,2D,3D,4D,5D,6D,7D,8D,9D,10D,11D,12D,13D,14D,16D,17D,18D,19D,20D,21D,22D,23D,24D,27D,28D,29D,30D. The summed E-state index contributed by atoms with van der Waals surface area (Å²) < 4.78 is 238. The molecule has 0 N–H and O–H groups in total. The lowest BCUT2D eigenvalue weighted by Gasteiger charge is -2.17. The van der Waals surface area contributed by atoms with Crippen LogP contribution in [0.5, 0.6) is 0 Å². The lowest BCUT2D eigenvalue weighted by Crippen LogP contribution is -2.04. The van der Waals surface area contributed by atoms with E-state index in [4.69, 9.17) is 30.2 Å². The van der Waals surface area contributed by atoms with Crippen molar-refractivity contribution in [1.82, 2.24) is 19.5 Å². The monoisotopic (exact) mass is 729 g/mol. The molecule has 55 heavy (non-hydrogen) atoms. The molecule has 0 aliphatic rings. The van der Waals surface area contributed by atoms with E-state index in [1.54, 1.807) is 6.07 Å². The number of fused-ring (bicyclic) bond motifs is 3. The molecule has 0 amide bonds. The summed E-state index contributed by atoms with van der Waals surface area (Å²) >= 11 is 0. The van der Waals surface area contributed by atoms with Gasteiger partial charge >= 0.3 is 0 Å². The van der Waals surface area contributed by atoms with Crippen LogP contribution in [0.4, 0.5) is 0 Å². The summed E-state index contributed by atoms with van der Waals surface area (Å²) in [4.78, 5) is 13.7. The van der Waals surface area contributed by atoms with Crippen LogP contribution in [0, 0.1) is 0 Å². The fraction of sp³-hybridized carbons (Fsp3) is 0. The van der Waals surface area contributed by atoms with Gasteiger partial charge in [0.25, 0.3) is 0 Å². The van der Waals surface area contributed by atoms with Crippen LogP contribution < -0.4 is 0 Å². The van der Waals surface area contributed by atoms with Crippen molar-refractivity contribution >= 4 is 21.8 Å². The molecule has 0 unspecified atom stereocenters. The average molecular weight is 730 g/mol. The number of hydrogen-bond donors (Lipinski definition) is 0. The molecule has 0 aliphatic carbocycles. The molecule has 0 radical (unpaired) electrons. The Morgan fingerprint density at radius 3 is 1.53 bits per heavy atom. The van der Waals surface area contributed by atoms with E-state index >= 15 is 0 Å². The maximum atomic E-state index is 9.58. The van der Waals surface area contributed by atoms with Gasteiger partial charge in [0.2, 0.25) is 0 Å². The maximum Gasteiger partial charge on any atom is 0.166 e. The lowest BCUT2D eigenvalue weighted by molar-refractivity contribution is 1.06. The zero-order valence-electron chi connectivity index (χ0n) is 54.8. The predicted molar refractivity (Wildman–Crippen MR) is 227 cm³/mol. The van der Waals surface area contributed by atoms with Gasteiger partial charge in [0.05, 0.1) is 53.7 Å². The minimum absolute atomic E-state index is 0.124. The van der Waals surface area contributed by atoms with E-state index in [9.17, 15) is 6.85 Å². The predicted octanol–water partition coefficient (Wildman–Crippen LogP) is 13.0. The first-order chi connectivity index (χ1) is 38.5. The third-order valence-electron chi connectivity index (χ3n) is 8.52. The Labute approximate surface area is 357 Å². The van der Waals surface area contributed by atoms with Gasteiger partial charge in [0.15, 0.2) is 17.5 Å². The summed E-state index contributed by atoms with van der Waals surface area (Å²) in [7, 11) is 0. The molecule has 2 aromatic heterocycles. The summed E-state index contributed by atoms with van der Waals surface area (Å²) in [6, 6.07) is -11.7. The van der Waals surface area contributed by atoms with Crippen molar-refractivity contribution in [2.24, 2.45) is 0 Å². The Kier molecular flexibility index (Phi) is 3.72. The highest BCUT2D eigenvalue weighted by Gasteiger charge is 2.21. The molecule has 2 heterocycles. The second-order valence-electron chi connectivity index (χ2n) is 11.7. The lowest BCUT2D eigenvalue weighted by atomic mass is 9.97. The van der Waals surface area contributed by atoms with Crippen molar-refractivity contribution in [3.63, 3.8) is 0 Å². The number of hydrogen-bond acceptors (Lipinski definition) is 3. The van der Waals surface area contributed by atoms with Crippen molar-refractivity contribution in [2.45, 2.75) is 0 Å². The molecule has 8 aromatic carbocycles. The van der Waals surface area contributed by atoms with Gasteiger partial charge in [-0.25, -0.2) is 15.0 Å². The van der Waals surface area contributed by atoms with Gasteiger partial charge in [0, 0.05) is 27.5 Å². The van der Waals surface area contributed by atoms with Crippen LogP contribution in [0.2, 0.25) is 0 Å². The smallest absolute Gasteiger partial charge is 0.166 e. The average Bonchev–Trinajstić information content (AvgIpc) is 1.69. The van der Waals surface area contributed by atoms with Crippen LogP contribution in [0.25, 0.3) is 95.0 Å². The molecule has 4 nitrogen and oxygen atoms in total. The van der Waals surface area contributed by atoms with Gasteiger partial charge in [-0.05, 0) is 63.7 Å². The summed E-state index contributed by atoms with van der Waals surface area (Å²) in [5, 5.41) is -0.926. The first-order valence-electron chi connectivity index (χ1n) is 29.8. The van der Waals surface area contributed by atoms with Crippen LogP contribution in [0.15, 0.2) is 206 Å². The van der Waals surface area contributed by atoms with Gasteiger partial charge in [-0.1, -0.05) is 175 Å². The summed E-state index contributed by atoms with van der Waals surface area (Å²) in [6.07, 6.45) is 0. The Balaban J connectivity index is 1.44. The van der Waals surface area contributed by atoms with Crippen molar-refractivity contribution in [3.8, 4) is 73.2 Å². The number of nitrogens with zero attached hydrogens (tertiary/aromatic N) is 4. The molecule has 10 aromatic rings. The van der Waals surface area contributed by atoms with E-state index in [1.165, 1.54) is 36.4 Å². The molecule has 0 atom stereocenters. The molecule has 258 valence electrons. The number of rotatable bonds is 7. The zero-order valence-corrected chi connectivity index (χ0v) is 27.8. The van der Waals surface area contributed by atoms with E-state index in [-0.39, 0.29) is 33.5 Å². The first kappa shape index (κ1) is 14.8. The fourth-order valence-corrected chi connectivity index (χ4v) is 6.16. The Hall–Kier alpha value is -7.43. The SMILES string of the molecule is [2H]c1c([2H])c([2H])c(-c2cccc(-c3ccc(-n4c5c([2H])c([2H])c([2H])c([2H])c5c5c(-c6c([2H])c([2H])c([2H])c([2H])c6[2H])c([2H])c([2H])c([2H])c54)c(-c4nc(-c5c([2H])c([2H])c([2H])c([2H])c5[2H])nc(-c5c([2H])c([2H])c([2H])c([2H])c5[2H])n4)c3)c2)c([2H])c1[2H]. The molecule has 4 heteroatoms. The molecule has 0 saturated heterocycles. The topological polar surface area (TPSA) is 43.6 Å². The van der Waals surface area contributed by atoms with Crippen LogP contribution in [0.1, 0.15) is 37.0 Å². The van der Waals surface area contributed by atoms with E-state index in [2.05, 4.69) is 15.0 Å². The zero-order chi connectivity index (χ0) is 60.1. The van der Waals surface area contributed by atoms with Gasteiger partial charge < -0.3 is 4.57 Å². The van der Waals surface area contributed by atoms with Crippen molar-refractivity contribution in [2.75, 3.05) is 0 Å². The van der Waals surface area contributed by atoms with E-state index < -0.39 is 225 Å². The van der Waals surface area contributed by atoms with E-state index in [0.717, 1.165) is 4.57 Å². The maximum absolute atomic E-state index is 9.58. The Morgan fingerprint density at radius 2 is 0.873 bits per heavy atom. The number of aromatic nitrogens is 4. The third-order valence-corrected chi connectivity index (χ3v) is 8.52. The van der Waals surface area contributed by atoms with E-state index in [1.807, 2.05) is 0 Å². The molecule has 10 rings (SSSR count). The van der Waals surface area contributed by atoms with Crippen LogP contribution in [-0.4, -0.2) is 19.5 Å². The molecular weight excluding hydrogens is 669 g/mol. The first-order valence-corrected chi connectivity index (χ1v) is 16.3. The largest absolute Gasteiger partial charge is 0.308 e. The highest BCUT2D eigenvalue weighted by molar-refractivity contribution is 6.16. The second kappa shape index (κ2) is 13.8. The number of benzene rings is 8. The summed E-state index contributed by atoms with van der Waals surface area (Å²) in [5.41, 5.74) is -3.88. The Morgan fingerprint density at radius 1 is 0.364 bits per heavy atom. The molecular formula is C51H34N4. The quantitative estimate of drug-likeness (QED) is 0.164. The molecule has 0 bridgehead atoms. The summed E-state index contributed by atoms with van der Waals surface area (Å²) in [6.45, 7) is 0. The fourth-order valence-electron chi connectivity index (χ4n) is 6.16. The molecule has 0 aliphatic heterocycles. The van der Waals surface area contributed by atoms with Crippen LogP contribution >= 0.6 is 0 Å². The van der Waals surface area contributed by atoms with Crippen LogP contribution in [0.3, 0.4) is 0 Å².